The highest BCUT2D eigenvalue weighted by atomic mass is 35.5. The van der Waals surface area contributed by atoms with Crippen molar-refractivity contribution in [3.63, 3.8) is 0 Å². The van der Waals surface area contributed by atoms with Crippen LogP contribution in [0.2, 0.25) is 0 Å². The van der Waals surface area contributed by atoms with Gasteiger partial charge in [0.15, 0.2) is 0 Å². The molecule has 3 nitrogen and oxygen atoms in total. The third-order valence-corrected chi connectivity index (χ3v) is 3.69. The second-order valence-corrected chi connectivity index (χ2v) is 4.87. The normalized spacial score (nSPS) is 20.9. The number of hydrogen-bond donors (Lipinski definition) is 1. The molecule has 0 aliphatic carbocycles. The zero-order valence-electron chi connectivity index (χ0n) is 9.49. The van der Waals surface area contributed by atoms with Gasteiger partial charge in [-0.1, -0.05) is 0 Å². The standard InChI is InChI=1S/C10H20N2OS.ClH/c1-9-8-14-7-6-12(9)10(13)4-3-5-11-2;/h9,11H,3-8H2,1-2H3;1H. The molecule has 0 bridgehead atoms. The van der Waals surface area contributed by atoms with Crippen LogP contribution in [-0.2, 0) is 4.79 Å². The molecule has 1 N–H and O–H groups in total. The Morgan fingerprint density at radius 1 is 1.60 bits per heavy atom. The van der Waals surface area contributed by atoms with Crippen LogP contribution in [0.15, 0.2) is 0 Å². The largest absolute Gasteiger partial charge is 0.338 e. The number of nitrogens with zero attached hydrogens (tertiary/aromatic N) is 1. The van der Waals surface area contributed by atoms with Crippen LogP contribution in [0, 0.1) is 0 Å². The first-order valence-corrected chi connectivity index (χ1v) is 6.43. The number of rotatable bonds is 4. The van der Waals surface area contributed by atoms with Gasteiger partial charge >= 0.3 is 0 Å². The molecule has 1 saturated heterocycles. The van der Waals surface area contributed by atoms with Gasteiger partial charge in [0.1, 0.15) is 0 Å². The van der Waals surface area contributed by atoms with Crippen molar-refractivity contribution >= 4 is 30.1 Å². The zero-order valence-corrected chi connectivity index (χ0v) is 11.1. The molecule has 0 aromatic heterocycles. The average Bonchev–Trinajstić information content (AvgIpc) is 2.18. The highest BCUT2D eigenvalue weighted by Crippen LogP contribution is 2.16. The highest BCUT2D eigenvalue weighted by molar-refractivity contribution is 7.99. The maximum Gasteiger partial charge on any atom is 0.222 e. The summed E-state index contributed by atoms with van der Waals surface area (Å²) >= 11 is 1.95. The van der Waals surface area contributed by atoms with Crippen LogP contribution in [0.3, 0.4) is 0 Å². The topological polar surface area (TPSA) is 32.3 Å². The van der Waals surface area contributed by atoms with Crippen LogP contribution < -0.4 is 5.32 Å². The second kappa shape index (κ2) is 8.25. The molecule has 0 radical (unpaired) electrons. The first-order valence-electron chi connectivity index (χ1n) is 5.27. The minimum absolute atomic E-state index is 0. The van der Waals surface area contributed by atoms with E-state index in [1.165, 1.54) is 0 Å². The molecule has 0 spiro atoms. The molecule has 15 heavy (non-hydrogen) atoms. The molecule has 1 unspecified atom stereocenters. The summed E-state index contributed by atoms with van der Waals surface area (Å²) in [5, 5.41) is 3.06. The number of amides is 1. The van der Waals surface area contributed by atoms with Crippen molar-refractivity contribution in [1.29, 1.82) is 0 Å². The van der Waals surface area contributed by atoms with Gasteiger partial charge in [-0.05, 0) is 26.9 Å². The van der Waals surface area contributed by atoms with Crippen molar-refractivity contribution in [2.45, 2.75) is 25.8 Å². The molecule has 0 aromatic carbocycles. The number of carbonyl (C=O) groups is 1. The van der Waals surface area contributed by atoms with Crippen molar-refractivity contribution in [1.82, 2.24) is 10.2 Å². The maximum absolute atomic E-state index is 11.8. The fourth-order valence-corrected chi connectivity index (χ4v) is 2.67. The Balaban J connectivity index is 0.00000196. The fraction of sp³-hybridized carbons (Fsp3) is 0.900. The number of hydrogen-bond acceptors (Lipinski definition) is 3. The van der Waals surface area contributed by atoms with Gasteiger partial charge in [0, 0.05) is 30.5 Å². The lowest BCUT2D eigenvalue weighted by Crippen LogP contribution is -2.44. The van der Waals surface area contributed by atoms with Gasteiger partial charge in [-0.25, -0.2) is 0 Å². The van der Waals surface area contributed by atoms with Crippen LogP contribution >= 0.6 is 24.2 Å². The Morgan fingerprint density at radius 3 is 2.93 bits per heavy atom. The van der Waals surface area contributed by atoms with Gasteiger partial charge in [0.05, 0.1) is 0 Å². The molecule has 1 aliphatic heterocycles. The number of halogens is 1. The maximum atomic E-state index is 11.8. The molecule has 1 fully saturated rings. The predicted octanol–water partition coefficient (Wildman–Crippen LogP) is 1.37. The van der Waals surface area contributed by atoms with Crippen molar-refractivity contribution in [3.8, 4) is 0 Å². The van der Waals surface area contributed by atoms with E-state index in [9.17, 15) is 4.79 Å². The molecule has 0 aromatic rings. The van der Waals surface area contributed by atoms with Gasteiger partial charge in [0.2, 0.25) is 5.91 Å². The molecule has 1 atom stereocenters. The summed E-state index contributed by atoms with van der Waals surface area (Å²) in [5.74, 6) is 2.52. The second-order valence-electron chi connectivity index (χ2n) is 3.72. The van der Waals surface area contributed by atoms with E-state index in [1.54, 1.807) is 0 Å². The molecular formula is C10H21ClN2OS. The van der Waals surface area contributed by atoms with Crippen molar-refractivity contribution in [2.75, 3.05) is 31.6 Å². The summed E-state index contributed by atoms with van der Waals surface area (Å²) in [7, 11) is 1.92. The van der Waals surface area contributed by atoms with E-state index in [1.807, 2.05) is 23.7 Å². The van der Waals surface area contributed by atoms with E-state index in [-0.39, 0.29) is 12.4 Å². The Bertz CT molecular complexity index is 192. The van der Waals surface area contributed by atoms with Gasteiger partial charge < -0.3 is 10.2 Å². The van der Waals surface area contributed by atoms with E-state index < -0.39 is 0 Å². The number of carbonyl (C=O) groups excluding carboxylic acids is 1. The Morgan fingerprint density at radius 2 is 2.33 bits per heavy atom. The smallest absolute Gasteiger partial charge is 0.222 e. The van der Waals surface area contributed by atoms with Crippen molar-refractivity contribution in [2.24, 2.45) is 0 Å². The van der Waals surface area contributed by atoms with E-state index in [0.29, 0.717) is 18.4 Å². The lowest BCUT2D eigenvalue weighted by molar-refractivity contribution is -0.132. The minimum Gasteiger partial charge on any atom is -0.338 e. The lowest BCUT2D eigenvalue weighted by atomic mass is 10.2. The Labute approximate surface area is 103 Å². The first-order chi connectivity index (χ1) is 6.75. The lowest BCUT2D eigenvalue weighted by Gasteiger charge is -2.33. The van der Waals surface area contributed by atoms with E-state index in [2.05, 4.69) is 12.2 Å². The molecular weight excluding hydrogens is 232 g/mol. The summed E-state index contributed by atoms with van der Waals surface area (Å²) in [6.07, 6.45) is 1.64. The van der Waals surface area contributed by atoms with E-state index >= 15 is 0 Å². The zero-order chi connectivity index (χ0) is 10.4. The van der Waals surface area contributed by atoms with Crippen LogP contribution in [0.4, 0.5) is 0 Å². The third-order valence-electron chi connectivity index (χ3n) is 2.51. The number of thioether (sulfide) groups is 1. The van der Waals surface area contributed by atoms with Crippen LogP contribution in [-0.4, -0.2) is 48.5 Å². The van der Waals surface area contributed by atoms with E-state index in [0.717, 1.165) is 31.0 Å². The van der Waals surface area contributed by atoms with Crippen LogP contribution in [0.5, 0.6) is 0 Å². The average molecular weight is 253 g/mol. The Kier molecular flexibility index (Phi) is 8.29. The SMILES string of the molecule is CNCCCC(=O)N1CCSCC1C.Cl. The molecule has 1 amide bonds. The molecule has 1 aliphatic rings. The van der Waals surface area contributed by atoms with Gasteiger partial charge in [-0.2, -0.15) is 11.8 Å². The molecule has 5 heteroatoms. The first kappa shape index (κ1) is 15.1. The number of nitrogens with one attached hydrogen (secondary N) is 1. The van der Waals surface area contributed by atoms with Gasteiger partial charge in [-0.15, -0.1) is 12.4 Å². The summed E-state index contributed by atoms with van der Waals surface area (Å²) < 4.78 is 0. The molecule has 90 valence electrons. The predicted molar refractivity (Wildman–Crippen MR) is 68.9 cm³/mol. The summed E-state index contributed by atoms with van der Waals surface area (Å²) in [6.45, 7) is 4.01. The van der Waals surface area contributed by atoms with Crippen molar-refractivity contribution in [3.05, 3.63) is 0 Å². The third kappa shape index (κ3) is 5.09. The van der Waals surface area contributed by atoms with Crippen LogP contribution in [0.25, 0.3) is 0 Å². The quantitative estimate of drug-likeness (QED) is 0.768. The minimum atomic E-state index is 0. The molecule has 0 saturated carbocycles. The monoisotopic (exact) mass is 252 g/mol. The van der Waals surface area contributed by atoms with Gasteiger partial charge in [0.25, 0.3) is 0 Å². The summed E-state index contributed by atoms with van der Waals surface area (Å²) in [5.41, 5.74) is 0. The van der Waals surface area contributed by atoms with E-state index in [4.69, 9.17) is 0 Å². The fourth-order valence-electron chi connectivity index (χ4n) is 1.66. The summed E-state index contributed by atoms with van der Waals surface area (Å²) in [4.78, 5) is 13.8. The van der Waals surface area contributed by atoms with Crippen molar-refractivity contribution < 1.29 is 4.79 Å². The Hall–Kier alpha value is 0.0700. The van der Waals surface area contributed by atoms with Crippen LogP contribution in [0.1, 0.15) is 19.8 Å². The summed E-state index contributed by atoms with van der Waals surface area (Å²) in [6, 6.07) is 0.427. The van der Waals surface area contributed by atoms with Gasteiger partial charge in [-0.3, -0.25) is 4.79 Å². The highest BCUT2D eigenvalue weighted by Gasteiger charge is 2.22. The molecule has 1 heterocycles. The molecule has 1 rings (SSSR count).